The lowest BCUT2D eigenvalue weighted by Gasteiger charge is -2.36. The molecule has 0 unspecified atom stereocenters. The minimum Gasteiger partial charge on any atom is -0.303 e. The molecule has 33 heavy (non-hydrogen) atoms. The molecular weight excluding hydrogens is 428 g/mol. The molecule has 5 rings (SSSR count). The number of carbonyl (C=O) groups excluding carboxylic acids is 2. The molecule has 0 bridgehead atoms. The van der Waals surface area contributed by atoms with Gasteiger partial charge in [0.05, 0.1) is 17.4 Å². The Morgan fingerprint density at radius 1 is 1.06 bits per heavy atom. The van der Waals surface area contributed by atoms with Crippen LogP contribution in [0.3, 0.4) is 0 Å². The number of fused-ring (bicyclic) bond motifs is 1. The summed E-state index contributed by atoms with van der Waals surface area (Å²) in [6.07, 6.45) is 8.44. The van der Waals surface area contributed by atoms with Crippen LogP contribution in [0.15, 0.2) is 24.5 Å². The molecule has 3 aliphatic rings. The lowest BCUT2D eigenvalue weighted by Crippen LogP contribution is -2.49. The van der Waals surface area contributed by atoms with Crippen LogP contribution in [-0.2, 0) is 11.2 Å². The molecule has 0 aromatic carbocycles. The van der Waals surface area contributed by atoms with Crippen molar-refractivity contribution in [1.29, 1.82) is 0 Å². The summed E-state index contributed by atoms with van der Waals surface area (Å²) in [6, 6.07) is 3.78. The third kappa shape index (κ3) is 5.03. The summed E-state index contributed by atoms with van der Waals surface area (Å²) >= 11 is 0. The van der Waals surface area contributed by atoms with Crippen LogP contribution in [0.1, 0.15) is 50.5 Å². The normalized spacial score (nSPS) is 23.3. The van der Waals surface area contributed by atoms with E-state index in [1.807, 2.05) is 6.20 Å². The van der Waals surface area contributed by atoms with Crippen LogP contribution in [-0.4, -0.2) is 58.6 Å². The van der Waals surface area contributed by atoms with E-state index in [0.717, 1.165) is 50.1 Å². The molecule has 1 aliphatic carbocycles. The summed E-state index contributed by atoms with van der Waals surface area (Å²) in [5.74, 6) is -1.70. The minimum atomic E-state index is -2.45. The number of nitrogens with one attached hydrogen (secondary N) is 1. The Balaban J connectivity index is 1.17. The number of urea groups is 1. The van der Waals surface area contributed by atoms with E-state index in [2.05, 4.69) is 27.4 Å². The number of aromatic nitrogens is 2. The average Bonchev–Trinajstić information content (AvgIpc) is 3.20. The predicted molar refractivity (Wildman–Crippen MR) is 120 cm³/mol. The molecule has 4 heterocycles. The third-order valence-electron chi connectivity index (χ3n) is 7.49. The first kappa shape index (κ1) is 22.3. The number of carbonyl (C=O) groups is 2. The smallest absolute Gasteiger partial charge is 0.303 e. The number of pyridine rings is 1. The van der Waals surface area contributed by atoms with Gasteiger partial charge in [-0.1, -0.05) is 0 Å². The second kappa shape index (κ2) is 9.00. The van der Waals surface area contributed by atoms with Crippen molar-refractivity contribution in [3.63, 3.8) is 0 Å². The van der Waals surface area contributed by atoms with E-state index in [-0.39, 0.29) is 25.2 Å². The highest BCUT2D eigenvalue weighted by Gasteiger charge is 2.35. The fourth-order valence-corrected chi connectivity index (χ4v) is 5.49. The zero-order valence-corrected chi connectivity index (χ0v) is 18.8. The summed E-state index contributed by atoms with van der Waals surface area (Å²) in [7, 11) is 0. The Hall–Kier alpha value is -2.55. The van der Waals surface area contributed by atoms with E-state index in [9.17, 15) is 18.4 Å². The molecule has 1 N–H and O–H groups in total. The average molecular weight is 460 g/mol. The molecule has 3 amide bonds. The number of alkyl halides is 2. The van der Waals surface area contributed by atoms with Crippen LogP contribution in [0, 0.1) is 11.8 Å². The quantitative estimate of drug-likeness (QED) is 0.737. The monoisotopic (exact) mass is 459 g/mol. The van der Waals surface area contributed by atoms with E-state index in [4.69, 9.17) is 0 Å². The van der Waals surface area contributed by atoms with Crippen LogP contribution < -0.4 is 10.2 Å². The highest BCUT2D eigenvalue weighted by Crippen LogP contribution is 2.37. The topological polar surface area (TPSA) is 70.0 Å². The van der Waals surface area contributed by atoms with Crippen LogP contribution in [0.25, 0.3) is 5.52 Å². The van der Waals surface area contributed by atoms with Crippen LogP contribution in [0.5, 0.6) is 0 Å². The van der Waals surface area contributed by atoms with Gasteiger partial charge < -0.3 is 4.90 Å². The van der Waals surface area contributed by atoms with Crippen molar-refractivity contribution >= 4 is 23.1 Å². The highest BCUT2D eigenvalue weighted by molar-refractivity contribution is 6.07. The molecule has 1 saturated carbocycles. The molecule has 2 aromatic rings. The first-order chi connectivity index (χ1) is 15.9. The molecule has 0 atom stereocenters. The van der Waals surface area contributed by atoms with Crippen molar-refractivity contribution in [1.82, 2.24) is 19.8 Å². The van der Waals surface area contributed by atoms with E-state index in [1.54, 1.807) is 15.6 Å². The van der Waals surface area contributed by atoms with Gasteiger partial charge >= 0.3 is 6.03 Å². The van der Waals surface area contributed by atoms with Crippen LogP contribution >= 0.6 is 0 Å². The molecule has 3 fully saturated rings. The number of likely N-dealkylation sites (tertiary alicyclic amines) is 1. The SMILES string of the molecule is O=C1CCN(c2cnn3ccc(CC4CCN(CC5CCC(F)(F)CC5)CC4)cc23)C(=O)N1. The highest BCUT2D eigenvalue weighted by atomic mass is 19.3. The van der Waals surface area contributed by atoms with Gasteiger partial charge in [0, 0.05) is 38.5 Å². The number of piperidine rings is 1. The second-order valence-electron chi connectivity index (χ2n) is 9.90. The fraction of sp³-hybridized carbons (Fsp3) is 0.625. The Morgan fingerprint density at radius 3 is 2.55 bits per heavy atom. The fourth-order valence-electron chi connectivity index (χ4n) is 5.49. The number of hydrogen-bond acceptors (Lipinski definition) is 4. The van der Waals surface area contributed by atoms with Gasteiger partial charge in [0.1, 0.15) is 0 Å². The predicted octanol–water partition coefficient (Wildman–Crippen LogP) is 3.86. The number of rotatable bonds is 5. The molecule has 178 valence electrons. The zero-order chi connectivity index (χ0) is 23.0. The summed E-state index contributed by atoms with van der Waals surface area (Å²) in [6.45, 7) is 3.36. The summed E-state index contributed by atoms with van der Waals surface area (Å²) < 4.78 is 28.6. The van der Waals surface area contributed by atoms with Crippen molar-refractivity contribution in [2.75, 3.05) is 31.1 Å². The van der Waals surface area contributed by atoms with Gasteiger partial charge in [0.2, 0.25) is 11.8 Å². The van der Waals surface area contributed by atoms with Crippen molar-refractivity contribution in [2.24, 2.45) is 11.8 Å². The zero-order valence-electron chi connectivity index (χ0n) is 18.8. The van der Waals surface area contributed by atoms with Crippen molar-refractivity contribution in [3.8, 4) is 0 Å². The molecule has 2 aliphatic heterocycles. The number of halogens is 2. The minimum absolute atomic E-state index is 0.0442. The number of amides is 3. The van der Waals surface area contributed by atoms with Gasteiger partial charge in [-0.15, -0.1) is 0 Å². The molecule has 2 aromatic heterocycles. The van der Waals surface area contributed by atoms with Gasteiger partial charge in [-0.05, 0) is 74.7 Å². The maximum atomic E-state index is 13.4. The molecule has 0 spiro atoms. The maximum absolute atomic E-state index is 13.4. The number of anilines is 1. The Kier molecular flexibility index (Phi) is 6.07. The van der Waals surface area contributed by atoms with Gasteiger partial charge in [-0.2, -0.15) is 5.10 Å². The van der Waals surface area contributed by atoms with Gasteiger partial charge in [0.15, 0.2) is 0 Å². The van der Waals surface area contributed by atoms with Crippen molar-refractivity contribution in [3.05, 3.63) is 30.1 Å². The molecule has 0 radical (unpaired) electrons. The van der Waals surface area contributed by atoms with E-state index < -0.39 is 12.0 Å². The lowest BCUT2D eigenvalue weighted by atomic mass is 9.85. The Labute approximate surface area is 192 Å². The van der Waals surface area contributed by atoms with E-state index in [0.29, 0.717) is 31.2 Å². The van der Waals surface area contributed by atoms with E-state index in [1.165, 1.54) is 5.56 Å². The number of nitrogens with zero attached hydrogens (tertiary/aromatic N) is 4. The first-order valence-corrected chi connectivity index (χ1v) is 12.0. The summed E-state index contributed by atoms with van der Waals surface area (Å²) in [5, 5.41) is 6.74. The molecule has 9 heteroatoms. The van der Waals surface area contributed by atoms with Crippen LogP contribution in [0.4, 0.5) is 19.3 Å². The van der Waals surface area contributed by atoms with Crippen molar-refractivity contribution < 1.29 is 18.4 Å². The molecule has 7 nitrogen and oxygen atoms in total. The third-order valence-corrected chi connectivity index (χ3v) is 7.49. The Morgan fingerprint density at radius 2 is 1.82 bits per heavy atom. The Bertz CT molecular complexity index is 1020. The summed E-state index contributed by atoms with van der Waals surface area (Å²) in [5.41, 5.74) is 2.80. The van der Waals surface area contributed by atoms with Gasteiger partial charge in [-0.25, -0.2) is 18.1 Å². The van der Waals surface area contributed by atoms with Gasteiger partial charge in [-0.3, -0.25) is 15.0 Å². The standard InChI is InChI=1S/C24H31F2N5O2/c25-24(26)7-1-18(2-8-24)16-29-9-3-17(4-10-29)13-19-5-12-31-20(14-19)21(15-27-31)30-11-6-22(32)28-23(30)33/h5,12,14-15,17-18H,1-4,6-11,13,16H2,(H,28,32,33). The van der Waals surface area contributed by atoms with Crippen molar-refractivity contribution in [2.45, 2.75) is 57.3 Å². The largest absolute Gasteiger partial charge is 0.328 e. The van der Waals surface area contributed by atoms with Gasteiger partial charge in [0.25, 0.3) is 0 Å². The van der Waals surface area contributed by atoms with Crippen LogP contribution in [0.2, 0.25) is 0 Å². The second-order valence-corrected chi connectivity index (χ2v) is 9.90. The first-order valence-electron chi connectivity index (χ1n) is 12.0. The van der Waals surface area contributed by atoms with E-state index >= 15 is 0 Å². The maximum Gasteiger partial charge on any atom is 0.328 e. The summed E-state index contributed by atoms with van der Waals surface area (Å²) in [4.78, 5) is 27.8. The lowest BCUT2D eigenvalue weighted by molar-refractivity contribution is -0.120. The number of imide groups is 1. The molecular formula is C24H31F2N5O2. The number of hydrogen-bond donors (Lipinski definition) is 1. The molecule has 2 saturated heterocycles.